The third kappa shape index (κ3) is 3.78. The lowest BCUT2D eigenvalue weighted by Gasteiger charge is -2.36. The maximum Gasteiger partial charge on any atom is 0.150 e. The molecule has 0 heterocycles. The Labute approximate surface area is 147 Å². The minimum absolute atomic E-state index is 0.247. The molecule has 0 amide bonds. The van der Waals surface area contributed by atoms with Gasteiger partial charge in [0.15, 0.2) is 0 Å². The summed E-state index contributed by atoms with van der Waals surface area (Å²) in [5.41, 5.74) is -0.815. The van der Waals surface area contributed by atoms with Gasteiger partial charge in [0.2, 0.25) is 0 Å². The monoisotopic (exact) mass is 610 g/mol. The number of carbonyl (C=O) groups excluding carboxylic acids is 1. The van der Waals surface area contributed by atoms with Gasteiger partial charge in [-0.25, -0.2) is 0 Å². The number of ketones is 1. The van der Waals surface area contributed by atoms with Crippen LogP contribution >= 0.6 is 95.6 Å². The summed E-state index contributed by atoms with van der Waals surface area (Å²) in [5.74, 6) is 0.247. The first kappa shape index (κ1) is 18.6. The van der Waals surface area contributed by atoms with E-state index in [1.54, 1.807) is 0 Å². The van der Waals surface area contributed by atoms with Crippen molar-refractivity contribution in [2.45, 2.75) is 0 Å². The molecule has 96 valence electrons. The molecule has 0 spiro atoms. The Hall–Kier alpha value is 2.55. The molecule has 0 fully saturated rings. The summed E-state index contributed by atoms with van der Waals surface area (Å²) >= 11 is 20.7. The number of hydrogen-bond acceptors (Lipinski definition) is 1. The molecule has 7 heteroatoms. The van der Waals surface area contributed by atoms with Gasteiger partial charge in [0, 0.05) is 32.0 Å². The molecule has 16 heavy (non-hydrogen) atoms. The predicted octanol–water partition coefficient (Wildman–Crippen LogP) is 4.90. The largest absolute Gasteiger partial charge is 0.298 e. The highest BCUT2D eigenvalue weighted by Crippen LogP contribution is 2.38. The van der Waals surface area contributed by atoms with Crippen molar-refractivity contribution in [1.82, 2.24) is 0 Å². The first-order valence-electron chi connectivity index (χ1n) is 4.43. The molecule has 0 radical (unpaired) electrons. The minimum Gasteiger partial charge on any atom is -0.298 e. The second kappa shape index (κ2) is 8.67. The maximum absolute atomic E-state index is 12.7. The molecule has 0 rings (SSSR count). The van der Waals surface area contributed by atoms with Gasteiger partial charge in [-0.2, -0.15) is 0 Å². The van der Waals surface area contributed by atoms with Gasteiger partial charge in [-0.05, 0) is 0 Å². The molecule has 0 N–H and O–H groups in total. The predicted molar refractivity (Wildman–Crippen MR) is 92.6 cm³/mol. The summed E-state index contributed by atoms with van der Waals surface area (Å²) in [6.07, 6.45) is 0. The number of hydrogen-bond donors (Lipinski definition) is 0. The molecule has 0 aromatic heterocycles. The fourth-order valence-electron chi connectivity index (χ4n) is 1.14. The zero-order chi connectivity index (χ0) is 12.8. The van der Waals surface area contributed by atoms with Gasteiger partial charge in [0.25, 0.3) is 0 Å². The zero-order valence-corrected chi connectivity index (χ0v) is 17.9. The van der Waals surface area contributed by atoms with Crippen LogP contribution in [0.15, 0.2) is 0 Å². The second-order valence-corrected chi connectivity index (χ2v) is 7.06. The molecule has 0 saturated carbocycles. The van der Waals surface area contributed by atoms with E-state index in [2.05, 4.69) is 95.6 Å². The van der Waals surface area contributed by atoms with Gasteiger partial charge < -0.3 is 0 Å². The van der Waals surface area contributed by atoms with Crippen molar-refractivity contribution in [3.05, 3.63) is 0 Å². The van der Waals surface area contributed by atoms with Crippen molar-refractivity contribution in [2.75, 3.05) is 32.0 Å². The van der Waals surface area contributed by atoms with Crippen molar-refractivity contribution in [2.24, 2.45) is 10.8 Å². The van der Waals surface area contributed by atoms with Crippen molar-refractivity contribution >= 4 is 101 Å². The lowest BCUT2D eigenvalue weighted by molar-refractivity contribution is -0.132. The van der Waals surface area contributed by atoms with Crippen LogP contribution in [0.25, 0.3) is 0 Å². The highest BCUT2D eigenvalue weighted by Gasteiger charge is 2.47. The summed E-state index contributed by atoms with van der Waals surface area (Å²) in [6.45, 7) is 0. The number of halogens is 6. The first-order chi connectivity index (χ1) is 7.52. The van der Waals surface area contributed by atoms with E-state index >= 15 is 0 Å². The van der Waals surface area contributed by atoms with E-state index in [4.69, 9.17) is 0 Å². The fraction of sp³-hybridized carbons (Fsp3) is 0.889. The molecule has 0 bridgehead atoms. The lowest BCUT2D eigenvalue weighted by Crippen LogP contribution is -2.50. The van der Waals surface area contributed by atoms with Crippen LogP contribution in [0.5, 0.6) is 0 Å². The number of rotatable bonds is 8. The standard InChI is InChI=1S/C9H12Br6O/c10-1-8(2-11,3-12)7(16)9(4-13,5-14)6-15/h1-6H2. The second-order valence-electron chi connectivity index (χ2n) is 3.69. The number of alkyl halides is 6. The van der Waals surface area contributed by atoms with Gasteiger partial charge >= 0.3 is 0 Å². The molecule has 0 aliphatic rings. The van der Waals surface area contributed by atoms with Gasteiger partial charge in [-0.3, -0.25) is 4.79 Å². The van der Waals surface area contributed by atoms with Crippen LogP contribution in [0.1, 0.15) is 0 Å². The zero-order valence-electron chi connectivity index (χ0n) is 8.42. The summed E-state index contributed by atoms with van der Waals surface area (Å²) < 4.78 is 0. The Kier molecular flexibility index (Phi) is 10.0. The van der Waals surface area contributed by atoms with Crippen LogP contribution < -0.4 is 0 Å². The van der Waals surface area contributed by atoms with Gasteiger partial charge in [-0.15, -0.1) is 0 Å². The van der Waals surface area contributed by atoms with E-state index < -0.39 is 10.8 Å². The Balaban J connectivity index is 5.26. The Morgan fingerprint density at radius 2 is 0.812 bits per heavy atom. The quantitative estimate of drug-likeness (QED) is 0.356. The minimum atomic E-state index is -0.407. The van der Waals surface area contributed by atoms with E-state index in [-0.39, 0.29) is 5.78 Å². The molecule has 0 unspecified atom stereocenters. The van der Waals surface area contributed by atoms with Gasteiger partial charge in [-0.1, -0.05) is 95.6 Å². The van der Waals surface area contributed by atoms with Gasteiger partial charge in [0.05, 0.1) is 10.8 Å². The Morgan fingerprint density at radius 3 is 0.938 bits per heavy atom. The Bertz CT molecular complexity index is 186. The van der Waals surface area contributed by atoms with Crippen LogP contribution in [0, 0.1) is 10.8 Å². The van der Waals surface area contributed by atoms with Crippen LogP contribution in [0.4, 0.5) is 0 Å². The third-order valence-electron chi connectivity index (χ3n) is 2.50. The normalized spacial score (nSPS) is 12.9. The molecule has 0 aromatic carbocycles. The summed E-state index contributed by atoms with van der Waals surface area (Å²) in [5, 5.41) is 3.86. The maximum atomic E-state index is 12.7. The van der Waals surface area contributed by atoms with Crippen molar-refractivity contribution in [1.29, 1.82) is 0 Å². The van der Waals surface area contributed by atoms with Crippen LogP contribution in [0.2, 0.25) is 0 Å². The van der Waals surface area contributed by atoms with Gasteiger partial charge in [0.1, 0.15) is 5.78 Å². The third-order valence-corrected chi connectivity index (χ3v) is 8.94. The molecule has 0 aromatic rings. The van der Waals surface area contributed by atoms with E-state index in [0.717, 1.165) is 0 Å². The van der Waals surface area contributed by atoms with Crippen molar-refractivity contribution in [3.63, 3.8) is 0 Å². The average molecular weight is 616 g/mol. The van der Waals surface area contributed by atoms with Crippen molar-refractivity contribution in [3.8, 4) is 0 Å². The van der Waals surface area contributed by atoms with Crippen molar-refractivity contribution < 1.29 is 4.79 Å². The molecular formula is C9H12Br6O. The van der Waals surface area contributed by atoms with E-state index in [1.807, 2.05) is 0 Å². The summed E-state index contributed by atoms with van der Waals surface area (Å²) in [7, 11) is 0. The van der Waals surface area contributed by atoms with Crippen LogP contribution in [-0.4, -0.2) is 37.8 Å². The Morgan fingerprint density at radius 1 is 0.625 bits per heavy atom. The highest BCUT2D eigenvalue weighted by atomic mass is 79.9. The van der Waals surface area contributed by atoms with E-state index in [1.165, 1.54) is 0 Å². The molecule has 0 aliphatic carbocycles. The van der Waals surface area contributed by atoms with Crippen LogP contribution in [0.3, 0.4) is 0 Å². The fourth-order valence-corrected chi connectivity index (χ4v) is 8.24. The van der Waals surface area contributed by atoms with E-state index in [0.29, 0.717) is 32.0 Å². The van der Waals surface area contributed by atoms with Crippen LogP contribution in [-0.2, 0) is 4.79 Å². The number of carbonyl (C=O) groups is 1. The molecule has 1 nitrogen and oxygen atoms in total. The lowest BCUT2D eigenvalue weighted by atomic mass is 9.76. The topological polar surface area (TPSA) is 17.1 Å². The molecular weight excluding hydrogens is 604 g/mol. The summed E-state index contributed by atoms with van der Waals surface area (Å²) in [4.78, 5) is 12.7. The molecule has 0 atom stereocenters. The van der Waals surface area contributed by atoms with E-state index in [9.17, 15) is 4.79 Å². The SMILES string of the molecule is O=C(C(CBr)(CBr)CBr)C(CBr)(CBr)CBr. The molecule has 0 saturated heterocycles. The first-order valence-corrected chi connectivity index (χ1v) is 11.2. The highest BCUT2D eigenvalue weighted by molar-refractivity contribution is 9.10. The average Bonchev–Trinajstić information content (AvgIpc) is 2.35. The molecule has 0 aliphatic heterocycles. The summed E-state index contributed by atoms with van der Waals surface area (Å²) in [6, 6.07) is 0. The number of Topliss-reactive ketones (excluding diaryl/α,β-unsaturated/α-hetero) is 1. The smallest absolute Gasteiger partial charge is 0.150 e.